The molecule has 2 rings (SSSR count). The number of ether oxygens (including phenoxy) is 2. The Labute approximate surface area is 123 Å². The van der Waals surface area contributed by atoms with Crippen LogP contribution in [0.5, 0.6) is 17.2 Å². The first-order valence-corrected chi connectivity index (χ1v) is 6.42. The fourth-order valence-corrected chi connectivity index (χ4v) is 1.88. The molecule has 0 heterocycles. The summed E-state index contributed by atoms with van der Waals surface area (Å²) in [5.41, 5.74) is 1.72. The van der Waals surface area contributed by atoms with Crippen LogP contribution in [0.25, 0.3) is 6.08 Å². The fourth-order valence-electron chi connectivity index (χ4n) is 1.88. The van der Waals surface area contributed by atoms with Crippen LogP contribution in [-0.2, 0) is 4.79 Å². The van der Waals surface area contributed by atoms with E-state index in [9.17, 15) is 4.79 Å². The highest BCUT2D eigenvalue weighted by atomic mass is 16.5. The summed E-state index contributed by atoms with van der Waals surface area (Å²) >= 11 is 0. The number of hydrogen-bond acceptors (Lipinski definition) is 3. The molecule has 1 N–H and O–H groups in total. The van der Waals surface area contributed by atoms with Gasteiger partial charge in [0.2, 0.25) is 0 Å². The molecule has 0 unspecified atom stereocenters. The van der Waals surface area contributed by atoms with Gasteiger partial charge < -0.3 is 14.6 Å². The Morgan fingerprint density at radius 3 is 2.43 bits per heavy atom. The third-order valence-electron chi connectivity index (χ3n) is 2.91. The molecule has 2 aromatic rings. The molecule has 0 saturated heterocycles. The summed E-state index contributed by atoms with van der Waals surface area (Å²) < 4.78 is 11.1. The summed E-state index contributed by atoms with van der Waals surface area (Å²) in [7, 11) is 1.59. The Kier molecular flexibility index (Phi) is 4.61. The maximum Gasteiger partial charge on any atom is 0.328 e. The minimum absolute atomic E-state index is 0.636. The number of para-hydroxylation sites is 2. The van der Waals surface area contributed by atoms with Crippen molar-refractivity contribution in [2.45, 2.75) is 6.92 Å². The van der Waals surface area contributed by atoms with E-state index in [-0.39, 0.29) is 0 Å². The van der Waals surface area contributed by atoms with Crippen LogP contribution in [0.3, 0.4) is 0 Å². The first kappa shape index (κ1) is 14.7. The number of aliphatic carboxylic acids is 1. The van der Waals surface area contributed by atoms with Gasteiger partial charge in [-0.25, -0.2) is 4.79 Å². The zero-order valence-corrected chi connectivity index (χ0v) is 11.9. The molecule has 108 valence electrons. The molecule has 0 bridgehead atoms. The minimum atomic E-state index is -0.970. The number of benzene rings is 2. The van der Waals surface area contributed by atoms with Crippen molar-refractivity contribution in [1.82, 2.24) is 0 Å². The maximum absolute atomic E-state index is 10.5. The van der Waals surface area contributed by atoms with Crippen LogP contribution >= 0.6 is 0 Å². The second-order valence-electron chi connectivity index (χ2n) is 4.45. The highest BCUT2D eigenvalue weighted by molar-refractivity contribution is 5.85. The number of methoxy groups -OCH3 is 1. The number of hydrogen-bond donors (Lipinski definition) is 1. The van der Waals surface area contributed by atoms with E-state index in [0.717, 1.165) is 17.2 Å². The standard InChI is InChI=1S/C17H16O4/c1-12-11-13(8-10-17(18)19)7-9-14(12)21-16-6-4-3-5-15(16)20-2/h3-11H,1-2H3,(H,18,19). The number of carboxylic acid groups (broad SMARTS) is 1. The molecule has 0 radical (unpaired) electrons. The Hall–Kier alpha value is -2.75. The zero-order chi connectivity index (χ0) is 15.2. The van der Waals surface area contributed by atoms with Gasteiger partial charge >= 0.3 is 5.97 Å². The highest BCUT2D eigenvalue weighted by Crippen LogP contribution is 2.32. The van der Waals surface area contributed by atoms with Crippen molar-refractivity contribution in [1.29, 1.82) is 0 Å². The van der Waals surface area contributed by atoms with Crippen LogP contribution in [0, 0.1) is 6.92 Å². The largest absolute Gasteiger partial charge is 0.493 e. The molecule has 4 heteroatoms. The monoisotopic (exact) mass is 284 g/mol. The van der Waals surface area contributed by atoms with E-state index in [0.29, 0.717) is 17.2 Å². The third-order valence-corrected chi connectivity index (χ3v) is 2.91. The molecule has 0 fully saturated rings. The summed E-state index contributed by atoms with van der Waals surface area (Å²) in [5.74, 6) is 1.03. The van der Waals surface area contributed by atoms with E-state index in [1.807, 2.05) is 43.3 Å². The van der Waals surface area contributed by atoms with Gasteiger partial charge in [-0.15, -0.1) is 0 Å². The average Bonchev–Trinajstić information content (AvgIpc) is 2.48. The van der Waals surface area contributed by atoms with Crippen LogP contribution in [-0.4, -0.2) is 18.2 Å². The van der Waals surface area contributed by atoms with Gasteiger partial charge in [0, 0.05) is 6.08 Å². The Morgan fingerprint density at radius 2 is 1.81 bits per heavy atom. The molecule has 0 aliphatic carbocycles. The first-order chi connectivity index (χ1) is 10.1. The molecule has 2 aromatic carbocycles. The van der Waals surface area contributed by atoms with E-state index in [1.54, 1.807) is 19.3 Å². The van der Waals surface area contributed by atoms with Gasteiger partial charge in [0.25, 0.3) is 0 Å². The second-order valence-corrected chi connectivity index (χ2v) is 4.45. The lowest BCUT2D eigenvalue weighted by atomic mass is 10.1. The van der Waals surface area contributed by atoms with E-state index >= 15 is 0 Å². The molecule has 0 saturated carbocycles. The van der Waals surface area contributed by atoms with Crippen molar-refractivity contribution < 1.29 is 19.4 Å². The van der Waals surface area contributed by atoms with Crippen LogP contribution in [0.15, 0.2) is 48.5 Å². The summed E-state index contributed by atoms with van der Waals surface area (Å²) in [6, 6.07) is 12.9. The van der Waals surface area contributed by atoms with Crippen molar-refractivity contribution in [2.24, 2.45) is 0 Å². The molecule has 0 atom stereocenters. The highest BCUT2D eigenvalue weighted by Gasteiger charge is 2.06. The molecular weight excluding hydrogens is 268 g/mol. The zero-order valence-electron chi connectivity index (χ0n) is 11.9. The molecular formula is C17H16O4. The molecule has 4 nitrogen and oxygen atoms in total. The van der Waals surface area contributed by atoms with Gasteiger partial charge in [0.05, 0.1) is 7.11 Å². The smallest absolute Gasteiger partial charge is 0.328 e. The number of carbonyl (C=O) groups is 1. The molecule has 0 aromatic heterocycles. The lowest BCUT2D eigenvalue weighted by Gasteiger charge is -2.12. The fraction of sp³-hybridized carbons (Fsp3) is 0.118. The first-order valence-electron chi connectivity index (χ1n) is 6.42. The van der Waals surface area contributed by atoms with Gasteiger partial charge in [-0.2, -0.15) is 0 Å². The molecule has 21 heavy (non-hydrogen) atoms. The quantitative estimate of drug-likeness (QED) is 0.846. The SMILES string of the molecule is COc1ccccc1Oc1ccc(C=CC(=O)O)cc1C. The van der Waals surface area contributed by atoms with Gasteiger partial charge in [0.1, 0.15) is 5.75 Å². The second kappa shape index (κ2) is 6.61. The van der Waals surface area contributed by atoms with Crippen molar-refractivity contribution in [3.63, 3.8) is 0 Å². The average molecular weight is 284 g/mol. The molecule has 0 amide bonds. The Morgan fingerprint density at radius 1 is 1.10 bits per heavy atom. The van der Waals surface area contributed by atoms with Crippen molar-refractivity contribution in [3.05, 3.63) is 59.7 Å². The maximum atomic E-state index is 10.5. The van der Waals surface area contributed by atoms with E-state index < -0.39 is 5.97 Å². The van der Waals surface area contributed by atoms with E-state index in [2.05, 4.69) is 0 Å². The lowest BCUT2D eigenvalue weighted by Crippen LogP contribution is -1.92. The lowest BCUT2D eigenvalue weighted by molar-refractivity contribution is -0.131. The van der Waals surface area contributed by atoms with Crippen LogP contribution in [0.2, 0.25) is 0 Å². The topological polar surface area (TPSA) is 55.8 Å². The normalized spacial score (nSPS) is 10.6. The van der Waals surface area contributed by atoms with Crippen LogP contribution in [0.1, 0.15) is 11.1 Å². The molecule has 0 spiro atoms. The van der Waals surface area contributed by atoms with Crippen LogP contribution in [0.4, 0.5) is 0 Å². The van der Waals surface area contributed by atoms with E-state index in [4.69, 9.17) is 14.6 Å². The van der Waals surface area contributed by atoms with Crippen molar-refractivity contribution in [2.75, 3.05) is 7.11 Å². The Bertz CT molecular complexity index is 674. The van der Waals surface area contributed by atoms with Crippen molar-refractivity contribution in [3.8, 4) is 17.2 Å². The summed E-state index contributed by atoms with van der Waals surface area (Å²) in [6.07, 6.45) is 2.65. The minimum Gasteiger partial charge on any atom is -0.493 e. The predicted octanol–water partition coefficient (Wildman–Crippen LogP) is 3.89. The molecule has 0 aliphatic rings. The van der Waals surface area contributed by atoms with E-state index in [1.165, 1.54) is 0 Å². The van der Waals surface area contributed by atoms with Gasteiger partial charge in [-0.1, -0.05) is 18.2 Å². The third kappa shape index (κ3) is 3.86. The van der Waals surface area contributed by atoms with Gasteiger partial charge in [-0.3, -0.25) is 0 Å². The predicted molar refractivity (Wildman–Crippen MR) is 80.9 cm³/mol. The number of aryl methyl sites for hydroxylation is 1. The van der Waals surface area contributed by atoms with Gasteiger partial charge in [0.15, 0.2) is 11.5 Å². The molecule has 0 aliphatic heterocycles. The van der Waals surface area contributed by atoms with Crippen LogP contribution < -0.4 is 9.47 Å². The summed E-state index contributed by atoms with van der Waals surface area (Å²) in [5, 5.41) is 8.63. The number of rotatable bonds is 5. The Balaban J connectivity index is 2.23. The van der Waals surface area contributed by atoms with Crippen molar-refractivity contribution >= 4 is 12.0 Å². The summed E-state index contributed by atoms with van der Waals surface area (Å²) in [6.45, 7) is 1.91. The number of carboxylic acids is 1. The summed E-state index contributed by atoms with van der Waals surface area (Å²) in [4.78, 5) is 10.5. The van der Waals surface area contributed by atoms with Gasteiger partial charge in [-0.05, 0) is 48.4 Å².